The first-order chi connectivity index (χ1) is 37.1. The summed E-state index contributed by atoms with van der Waals surface area (Å²) in [6.45, 7) is 9.53. The number of hydrogen-bond acceptors (Lipinski definition) is 16. The molecule has 1 aromatic rings. The van der Waals surface area contributed by atoms with E-state index in [4.69, 9.17) is 22.3 Å². The Balaban J connectivity index is 2.40. The van der Waals surface area contributed by atoms with E-state index in [0.717, 1.165) is 0 Å². The molecular formula is C51H82N12O15S. The number of hydrogen-bond donors (Lipinski definition) is 15. The molecule has 27 nitrogen and oxygen atoms in total. The van der Waals surface area contributed by atoms with Crippen molar-refractivity contribution in [3.05, 3.63) is 35.9 Å². The average molecular weight is 1140 g/mol. The van der Waals surface area contributed by atoms with Gasteiger partial charge in [-0.25, -0.2) is 4.79 Å². The molecule has 10 amide bonds. The van der Waals surface area contributed by atoms with Crippen LogP contribution in [0, 0.1) is 17.8 Å². The van der Waals surface area contributed by atoms with E-state index in [9.17, 15) is 67.7 Å². The van der Waals surface area contributed by atoms with E-state index in [1.165, 1.54) is 4.90 Å². The van der Waals surface area contributed by atoms with Gasteiger partial charge in [-0.15, -0.1) is 0 Å². The third kappa shape index (κ3) is 23.1. The number of primary amides is 1. The summed E-state index contributed by atoms with van der Waals surface area (Å²) in [5.74, 6) is -12.9. The molecular weight excluding hydrogens is 1050 g/mol. The number of carboxylic acid groups (broad SMARTS) is 2. The topological polar surface area (TPSA) is 443 Å². The molecule has 0 unspecified atom stereocenters. The largest absolute Gasteiger partial charge is 0.481 e. The predicted molar refractivity (Wildman–Crippen MR) is 290 cm³/mol. The fraction of sp³-hybridized carbons (Fsp3) is 0.647. The highest BCUT2D eigenvalue weighted by molar-refractivity contribution is 7.80. The second-order valence-corrected chi connectivity index (χ2v) is 20.9. The first kappa shape index (κ1) is 68.2. The van der Waals surface area contributed by atoms with Crippen LogP contribution in [0.1, 0.15) is 105 Å². The highest BCUT2D eigenvalue weighted by Crippen LogP contribution is 2.21. The van der Waals surface area contributed by atoms with Crippen LogP contribution < -0.4 is 59.7 Å². The molecule has 17 N–H and O–H groups in total. The Morgan fingerprint density at radius 3 is 1.72 bits per heavy atom. The van der Waals surface area contributed by atoms with Gasteiger partial charge in [0.05, 0.1) is 19.1 Å². The van der Waals surface area contributed by atoms with Crippen LogP contribution in [0.3, 0.4) is 0 Å². The van der Waals surface area contributed by atoms with E-state index >= 15 is 0 Å². The highest BCUT2D eigenvalue weighted by Gasteiger charge is 2.41. The summed E-state index contributed by atoms with van der Waals surface area (Å²) in [7, 11) is 0. The van der Waals surface area contributed by atoms with E-state index in [1.807, 2.05) is 13.8 Å². The number of carboxylic acids is 2. The molecule has 79 heavy (non-hydrogen) atoms. The van der Waals surface area contributed by atoms with Crippen molar-refractivity contribution in [1.82, 2.24) is 47.4 Å². The number of aliphatic hydroxyl groups excluding tert-OH is 1. The molecule has 28 heteroatoms. The van der Waals surface area contributed by atoms with Crippen LogP contribution in [0.4, 0.5) is 0 Å². The van der Waals surface area contributed by atoms with Crippen molar-refractivity contribution < 1.29 is 72.9 Å². The maximum Gasteiger partial charge on any atom is 0.327 e. The van der Waals surface area contributed by atoms with Gasteiger partial charge in [0.2, 0.25) is 59.1 Å². The number of aliphatic hydroxyl groups is 1. The number of nitrogens with two attached hydrogens (primary N) is 3. The minimum Gasteiger partial charge on any atom is -0.481 e. The number of nitrogens with zero attached hydrogens (tertiary/aromatic N) is 1. The van der Waals surface area contributed by atoms with E-state index in [1.54, 1.807) is 58.0 Å². The molecule has 1 saturated heterocycles. The molecule has 1 aliphatic heterocycles. The Bertz CT molecular complexity index is 2280. The van der Waals surface area contributed by atoms with Gasteiger partial charge in [-0.05, 0) is 74.8 Å². The minimum absolute atomic E-state index is 0.0545. The molecule has 0 bridgehead atoms. The Labute approximate surface area is 465 Å². The Morgan fingerprint density at radius 2 is 1.18 bits per heavy atom. The lowest BCUT2D eigenvalue weighted by atomic mass is 9.98. The minimum atomic E-state index is -1.78. The quantitative estimate of drug-likeness (QED) is 0.0233. The van der Waals surface area contributed by atoms with E-state index in [2.05, 4.69) is 55.2 Å². The van der Waals surface area contributed by atoms with Crippen LogP contribution >= 0.6 is 12.6 Å². The highest BCUT2D eigenvalue weighted by atomic mass is 32.1. The predicted octanol–water partition coefficient (Wildman–Crippen LogP) is -3.34. The molecule has 1 aromatic carbocycles. The van der Waals surface area contributed by atoms with E-state index in [0.29, 0.717) is 18.4 Å². The van der Waals surface area contributed by atoms with Crippen molar-refractivity contribution >= 4 is 83.6 Å². The summed E-state index contributed by atoms with van der Waals surface area (Å²) in [6.07, 6.45) is -0.304. The summed E-state index contributed by atoms with van der Waals surface area (Å²) in [5.41, 5.74) is 17.3. The average Bonchev–Trinajstić information content (AvgIpc) is 3.89. The van der Waals surface area contributed by atoms with Crippen LogP contribution in [-0.4, -0.2) is 177 Å². The van der Waals surface area contributed by atoms with Gasteiger partial charge in [0, 0.05) is 25.1 Å². The second kappa shape index (κ2) is 34.2. The smallest absolute Gasteiger partial charge is 0.327 e. The Hall–Kier alpha value is -6.91. The number of aliphatic carboxylic acids is 2. The number of benzene rings is 1. The zero-order valence-corrected chi connectivity index (χ0v) is 46.6. The first-order valence-electron chi connectivity index (χ1n) is 26.3. The normalized spacial score (nSPS) is 16.6. The molecule has 1 aliphatic rings. The lowest BCUT2D eigenvalue weighted by Gasteiger charge is -2.32. The summed E-state index contributed by atoms with van der Waals surface area (Å²) >= 11 is 4.00. The maximum atomic E-state index is 14.5. The first-order valence-corrected chi connectivity index (χ1v) is 27.0. The molecule has 0 spiro atoms. The van der Waals surface area contributed by atoms with Crippen molar-refractivity contribution in [2.75, 3.05) is 25.4 Å². The van der Waals surface area contributed by atoms with Gasteiger partial charge < -0.3 is 80.0 Å². The van der Waals surface area contributed by atoms with Crippen LogP contribution in [-0.2, 0) is 64.0 Å². The van der Waals surface area contributed by atoms with Gasteiger partial charge in [-0.2, -0.15) is 12.6 Å². The summed E-state index contributed by atoms with van der Waals surface area (Å²) in [6, 6.07) is -5.18. The van der Waals surface area contributed by atoms with Gasteiger partial charge in [-0.3, -0.25) is 52.7 Å². The summed E-state index contributed by atoms with van der Waals surface area (Å²) in [5, 5.41) is 48.8. The maximum absolute atomic E-state index is 14.5. The van der Waals surface area contributed by atoms with Crippen molar-refractivity contribution in [2.45, 2.75) is 166 Å². The Morgan fingerprint density at radius 1 is 0.646 bits per heavy atom. The molecule has 10 atom stereocenters. The molecule has 0 aromatic heterocycles. The summed E-state index contributed by atoms with van der Waals surface area (Å²) < 4.78 is 0. The monoisotopic (exact) mass is 1130 g/mol. The molecule has 1 heterocycles. The van der Waals surface area contributed by atoms with Gasteiger partial charge in [0.1, 0.15) is 54.4 Å². The molecule has 1 fully saturated rings. The standard InChI is InChI=1S/C51H82N12O15S/c1-26(2)21-32(46(72)62-41(28(5)6)50(76)63-20-12-16-37(63)48(74)60-36(25-79)51(77)78)57-44(70)33(22-29-13-8-7-9-14-29)58-49(75)40(27(3)4)61-43(69)31(15-10-11-19-52)55-47(73)35(24-64)59-45(71)34(23-38(54)65)56-42(68)30(53)17-18-39(66)67/h7-9,13-14,26-28,30-37,40-41,64,79H,10-12,15-25,52-53H2,1-6H3,(H2,54,65)(H,55,73)(H,56,68)(H,57,70)(H,58,75)(H,59,71)(H,60,74)(H,61,69)(H,62,72)(H,66,67)(H,77,78)/t30-,31-,32-,33-,34-,35-,36-,37-,40-,41-/m0/s1. The van der Waals surface area contributed by atoms with Crippen LogP contribution in [0.5, 0.6) is 0 Å². The molecule has 2 rings (SSSR count). The number of carbonyl (C=O) groups excluding carboxylic acids is 10. The van der Waals surface area contributed by atoms with Crippen molar-refractivity contribution in [3.63, 3.8) is 0 Å². The van der Waals surface area contributed by atoms with Crippen molar-refractivity contribution in [1.29, 1.82) is 0 Å². The van der Waals surface area contributed by atoms with Gasteiger partial charge in [-0.1, -0.05) is 71.9 Å². The SMILES string of the molecule is CC(C)C[C@H](NC(=O)[C@H](Cc1ccccc1)NC(=O)[C@@H](NC(=O)[C@H](CCCCN)NC(=O)[C@H](CO)NC(=O)[C@H](CC(N)=O)NC(=O)[C@@H](N)CCC(=O)O)C(C)C)C(=O)N[C@H](C(=O)N1CCC[C@H]1C(=O)N[C@@H](CS)C(=O)O)C(C)C. The van der Waals surface area contributed by atoms with Crippen LogP contribution in [0.25, 0.3) is 0 Å². The molecule has 0 saturated carbocycles. The third-order valence-corrected chi connectivity index (χ3v) is 13.2. The number of unbranched alkanes of at least 4 members (excludes halogenated alkanes) is 1. The molecule has 0 aliphatic carbocycles. The Kier molecular flexibility index (Phi) is 29.5. The van der Waals surface area contributed by atoms with Gasteiger partial charge in [0.25, 0.3) is 0 Å². The fourth-order valence-electron chi connectivity index (χ4n) is 8.39. The lowest BCUT2D eigenvalue weighted by Crippen LogP contribution is -2.62. The van der Waals surface area contributed by atoms with E-state index < -0.39 is 163 Å². The zero-order valence-electron chi connectivity index (χ0n) is 45.7. The van der Waals surface area contributed by atoms with Gasteiger partial charge in [0.15, 0.2) is 0 Å². The number of amides is 10. The van der Waals surface area contributed by atoms with Crippen molar-refractivity contribution in [2.24, 2.45) is 35.0 Å². The number of rotatable bonds is 35. The third-order valence-electron chi connectivity index (χ3n) is 12.8. The number of likely N-dealkylation sites (tertiary alicyclic amines) is 1. The number of nitrogens with one attached hydrogen (secondary N) is 8. The van der Waals surface area contributed by atoms with E-state index in [-0.39, 0.29) is 63.3 Å². The van der Waals surface area contributed by atoms with Crippen LogP contribution in [0.2, 0.25) is 0 Å². The lowest BCUT2D eigenvalue weighted by molar-refractivity contribution is -0.145. The van der Waals surface area contributed by atoms with Crippen LogP contribution in [0.15, 0.2) is 30.3 Å². The molecule has 0 radical (unpaired) electrons. The van der Waals surface area contributed by atoms with Crippen molar-refractivity contribution in [3.8, 4) is 0 Å². The molecule has 442 valence electrons. The van der Waals surface area contributed by atoms with Gasteiger partial charge >= 0.3 is 11.9 Å². The number of thiol groups is 1. The second-order valence-electron chi connectivity index (χ2n) is 20.5. The summed E-state index contributed by atoms with van der Waals surface area (Å²) in [4.78, 5) is 160. The number of carbonyl (C=O) groups is 12. The zero-order chi connectivity index (χ0) is 59.7. The fourth-order valence-corrected chi connectivity index (χ4v) is 8.63.